The summed E-state index contributed by atoms with van der Waals surface area (Å²) in [5.41, 5.74) is -4.89. The van der Waals surface area contributed by atoms with Crippen molar-refractivity contribution in [1.82, 2.24) is 14.8 Å². The third kappa shape index (κ3) is 4.04. The summed E-state index contributed by atoms with van der Waals surface area (Å²) in [6.07, 6.45) is -4.13. The lowest BCUT2D eigenvalue weighted by atomic mass is 10.2. The molecule has 26 heavy (non-hydrogen) atoms. The number of nitrogens with zero attached hydrogens (tertiary/aromatic N) is 2. The molecule has 140 valence electrons. The van der Waals surface area contributed by atoms with E-state index in [9.17, 15) is 27.6 Å². The zero-order valence-electron chi connectivity index (χ0n) is 13.1. The Morgan fingerprint density at radius 3 is 2.65 bits per heavy atom. The molecule has 0 aliphatic carbocycles. The maximum absolute atomic E-state index is 13.0. The second-order valence-corrected chi connectivity index (χ2v) is 5.71. The van der Waals surface area contributed by atoms with E-state index in [-0.39, 0.29) is 11.7 Å². The fourth-order valence-corrected chi connectivity index (χ4v) is 2.47. The lowest BCUT2D eigenvalue weighted by Gasteiger charge is -2.20. The largest absolute Gasteiger partial charge is 0.477 e. The quantitative estimate of drug-likeness (QED) is 0.668. The maximum atomic E-state index is 13.0. The van der Waals surface area contributed by atoms with Gasteiger partial charge in [-0.25, -0.2) is 9.89 Å². The monoisotopic (exact) mass is 392 g/mol. The number of alkyl halides is 3. The second kappa shape index (κ2) is 7.20. The van der Waals surface area contributed by atoms with E-state index in [1.165, 1.54) is 13.0 Å². The summed E-state index contributed by atoms with van der Waals surface area (Å²) in [6, 6.07) is 1.40. The molecule has 0 aliphatic heterocycles. The molecule has 12 heteroatoms. The normalized spacial score (nSPS) is 12.7. The van der Waals surface area contributed by atoms with Gasteiger partial charge in [0.15, 0.2) is 0 Å². The van der Waals surface area contributed by atoms with Crippen molar-refractivity contribution in [2.45, 2.75) is 25.7 Å². The summed E-state index contributed by atoms with van der Waals surface area (Å²) >= 11 is 5.88. The minimum atomic E-state index is -4.92. The molecule has 0 aromatic carbocycles. The summed E-state index contributed by atoms with van der Waals surface area (Å²) in [7, 11) is 0. The molecule has 3 N–H and O–H groups in total. The Labute approximate surface area is 148 Å². The molecule has 0 fully saturated rings. The topological polar surface area (TPSA) is 117 Å². The highest BCUT2D eigenvalue weighted by Crippen LogP contribution is 2.31. The number of hydrogen-bond donors (Lipinski definition) is 3. The summed E-state index contributed by atoms with van der Waals surface area (Å²) in [5.74, 6) is -1.46. The highest BCUT2D eigenvalue weighted by atomic mass is 35.5. The van der Waals surface area contributed by atoms with Crippen LogP contribution in [0.2, 0.25) is 5.15 Å². The number of carboxylic acid groups (broad SMARTS) is 1. The van der Waals surface area contributed by atoms with Crippen LogP contribution in [0.3, 0.4) is 0 Å². The third-order valence-corrected chi connectivity index (χ3v) is 3.68. The molecular formula is C14H12ClF3N4O4. The van der Waals surface area contributed by atoms with Gasteiger partial charge in [-0.15, -0.1) is 0 Å². The fraction of sp³-hybridized carbons (Fsp3) is 0.286. The van der Waals surface area contributed by atoms with Gasteiger partial charge in [0.25, 0.3) is 11.1 Å². The van der Waals surface area contributed by atoms with Crippen LogP contribution < -0.4 is 16.4 Å². The van der Waals surface area contributed by atoms with E-state index in [4.69, 9.17) is 16.7 Å². The first-order valence-corrected chi connectivity index (χ1v) is 7.44. The zero-order chi connectivity index (χ0) is 19.6. The van der Waals surface area contributed by atoms with Gasteiger partial charge in [-0.1, -0.05) is 11.6 Å². The van der Waals surface area contributed by atoms with Crippen molar-refractivity contribution in [2.24, 2.45) is 0 Å². The molecule has 0 saturated carbocycles. The van der Waals surface area contributed by atoms with Crippen LogP contribution in [0.4, 0.5) is 18.9 Å². The van der Waals surface area contributed by atoms with Crippen molar-refractivity contribution in [3.8, 4) is 0 Å². The van der Waals surface area contributed by atoms with Crippen molar-refractivity contribution >= 4 is 23.3 Å². The Hall–Kier alpha value is -2.82. The summed E-state index contributed by atoms with van der Waals surface area (Å²) in [5, 5.41) is 16.3. The van der Waals surface area contributed by atoms with Crippen molar-refractivity contribution in [2.75, 3.05) is 5.32 Å². The van der Waals surface area contributed by atoms with Gasteiger partial charge in [-0.3, -0.25) is 14.2 Å². The van der Waals surface area contributed by atoms with Crippen molar-refractivity contribution in [3.05, 3.63) is 55.3 Å². The minimum Gasteiger partial charge on any atom is -0.477 e. The van der Waals surface area contributed by atoms with Gasteiger partial charge in [0, 0.05) is 12.6 Å². The summed E-state index contributed by atoms with van der Waals surface area (Å²) in [4.78, 5) is 34.6. The van der Waals surface area contributed by atoms with Crippen LogP contribution >= 0.6 is 11.6 Å². The zero-order valence-corrected chi connectivity index (χ0v) is 13.9. The second-order valence-electron chi connectivity index (χ2n) is 5.32. The van der Waals surface area contributed by atoms with Crippen LogP contribution in [-0.4, -0.2) is 31.9 Å². The lowest BCUT2D eigenvalue weighted by Crippen LogP contribution is -2.34. The van der Waals surface area contributed by atoms with Crippen LogP contribution in [0.5, 0.6) is 0 Å². The van der Waals surface area contributed by atoms with Crippen LogP contribution in [0.25, 0.3) is 0 Å². The molecule has 2 aromatic rings. The number of halogens is 4. The number of nitrogens with one attached hydrogen (secondary N) is 2. The Balaban J connectivity index is 2.35. The average Bonchev–Trinajstić information content (AvgIpc) is 2.49. The number of aromatic nitrogens is 3. The summed E-state index contributed by atoms with van der Waals surface area (Å²) < 4.78 is 40.0. The molecular weight excluding hydrogens is 381 g/mol. The van der Waals surface area contributed by atoms with E-state index in [0.29, 0.717) is 0 Å². The standard InChI is InChI=1S/C14H12ClF3N4O4/c1-6(5-22-9(15)3-2-7(12(22)24)13(25)26)20-8-4-19-21-11(23)10(8)14(16,17)18/h2-4,6H,5H2,1H3,(H,25,26)(H2,20,21,23)/t6-/m0/s1. The number of aromatic amines is 1. The first-order valence-electron chi connectivity index (χ1n) is 7.06. The van der Waals surface area contributed by atoms with Gasteiger partial charge < -0.3 is 10.4 Å². The number of carboxylic acids is 1. The van der Waals surface area contributed by atoms with Gasteiger partial charge >= 0.3 is 12.1 Å². The molecule has 0 radical (unpaired) electrons. The number of rotatable bonds is 5. The van der Waals surface area contributed by atoms with Crippen molar-refractivity contribution < 1.29 is 23.1 Å². The van der Waals surface area contributed by atoms with Gasteiger partial charge in [0.05, 0.1) is 11.9 Å². The molecule has 2 aromatic heterocycles. The van der Waals surface area contributed by atoms with Crippen LogP contribution in [-0.2, 0) is 12.7 Å². The highest BCUT2D eigenvalue weighted by molar-refractivity contribution is 6.29. The molecule has 1 atom stereocenters. The first-order chi connectivity index (χ1) is 12.0. The molecule has 8 nitrogen and oxygen atoms in total. The Morgan fingerprint density at radius 1 is 1.42 bits per heavy atom. The molecule has 0 spiro atoms. The van der Waals surface area contributed by atoms with E-state index < -0.39 is 46.1 Å². The molecule has 0 aliphatic rings. The van der Waals surface area contributed by atoms with Crippen molar-refractivity contribution in [1.29, 1.82) is 0 Å². The molecule has 0 amide bonds. The van der Waals surface area contributed by atoms with Crippen LogP contribution in [0, 0.1) is 0 Å². The Morgan fingerprint density at radius 2 is 2.08 bits per heavy atom. The lowest BCUT2D eigenvalue weighted by molar-refractivity contribution is -0.138. The molecule has 0 bridgehead atoms. The average molecular weight is 393 g/mol. The van der Waals surface area contributed by atoms with Crippen LogP contribution in [0.1, 0.15) is 22.8 Å². The predicted octanol–water partition coefficient (Wildman–Crippen LogP) is 1.80. The predicted molar refractivity (Wildman–Crippen MR) is 85.6 cm³/mol. The number of H-pyrrole nitrogens is 1. The Bertz CT molecular complexity index is 954. The van der Waals surface area contributed by atoms with Gasteiger partial charge in [-0.05, 0) is 19.1 Å². The maximum Gasteiger partial charge on any atom is 0.423 e. The fourth-order valence-electron chi connectivity index (χ4n) is 2.26. The summed E-state index contributed by atoms with van der Waals surface area (Å²) in [6.45, 7) is 1.18. The van der Waals surface area contributed by atoms with E-state index >= 15 is 0 Å². The van der Waals surface area contributed by atoms with E-state index in [1.54, 1.807) is 5.10 Å². The van der Waals surface area contributed by atoms with E-state index in [2.05, 4.69) is 10.4 Å². The highest BCUT2D eigenvalue weighted by Gasteiger charge is 2.37. The smallest absolute Gasteiger partial charge is 0.423 e. The minimum absolute atomic E-state index is 0.0891. The number of carbonyl (C=O) groups is 1. The van der Waals surface area contributed by atoms with Crippen molar-refractivity contribution in [3.63, 3.8) is 0 Å². The van der Waals surface area contributed by atoms with Gasteiger partial charge in [-0.2, -0.15) is 18.3 Å². The van der Waals surface area contributed by atoms with Gasteiger partial charge in [0.1, 0.15) is 16.3 Å². The van der Waals surface area contributed by atoms with Gasteiger partial charge in [0.2, 0.25) is 0 Å². The third-order valence-electron chi connectivity index (χ3n) is 3.35. The number of pyridine rings is 1. The molecule has 0 saturated heterocycles. The number of hydrogen-bond acceptors (Lipinski definition) is 5. The first kappa shape index (κ1) is 19.5. The molecule has 2 rings (SSSR count). The molecule has 2 heterocycles. The van der Waals surface area contributed by atoms with E-state index in [0.717, 1.165) is 16.8 Å². The SMILES string of the molecule is C[C@@H](Cn1c(Cl)ccc(C(=O)O)c1=O)Nc1cn[nH]c(=O)c1C(F)(F)F. The Kier molecular flexibility index (Phi) is 5.40. The van der Waals surface area contributed by atoms with Crippen LogP contribution in [0.15, 0.2) is 27.9 Å². The molecule has 0 unspecified atom stereocenters. The number of anilines is 1. The number of aromatic carboxylic acids is 1. The van der Waals surface area contributed by atoms with E-state index in [1.807, 2.05) is 0 Å².